The van der Waals surface area contributed by atoms with Gasteiger partial charge < -0.3 is 15.4 Å². The second-order valence-corrected chi connectivity index (χ2v) is 8.14. The molecule has 1 aromatic heterocycles. The zero-order chi connectivity index (χ0) is 16.4. The van der Waals surface area contributed by atoms with E-state index in [-0.39, 0.29) is 29.4 Å². The predicted molar refractivity (Wildman–Crippen MR) is 113 cm³/mol. The molecule has 1 aliphatic heterocycles. The van der Waals surface area contributed by atoms with Crippen LogP contribution in [0.5, 0.6) is 0 Å². The standard InChI is InChI=1S/C18H29N3OS.HI/c1-5-19-17(20-10-12(2)13-7-9-23-11-13)21-15-14-6-8-22-16(14)18(15,3)4;/h7,9,11-12,14-16H,5-6,8,10H2,1-4H3,(H2,19,20,21);1H. The largest absolute Gasteiger partial charge is 0.377 e. The van der Waals surface area contributed by atoms with Crippen molar-refractivity contribution in [1.29, 1.82) is 0 Å². The van der Waals surface area contributed by atoms with Crippen molar-refractivity contribution in [2.75, 3.05) is 19.7 Å². The van der Waals surface area contributed by atoms with Crippen LogP contribution in [0.25, 0.3) is 0 Å². The molecular formula is C18H30IN3OS. The highest BCUT2D eigenvalue weighted by molar-refractivity contribution is 14.0. The van der Waals surface area contributed by atoms with Gasteiger partial charge in [0.1, 0.15) is 0 Å². The van der Waals surface area contributed by atoms with E-state index in [0.717, 1.165) is 32.1 Å². The van der Waals surface area contributed by atoms with Crippen molar-refractivity contribution >= 4 is 41.3 Å². The number of rotatable bonds is 5. The topological polar surface area (TPSA) is 45.7 Å². The predicted octanol–water partition coefficient (Wildman–Crippen LogP) is 3.84. The molecule has 2 fully saturated rings. The number of ether oxygens (including phenoxy) is 1. The van der Waals surface area contributed by atoms with E-state index in [2.05, 4.69) is 55.2 Å². The number of guanidine groups is 1. The summed E-state index contributed by atoms with van der Waals surface area (Å²) in [7, 11) is 0. The van der Waals surface area contributed by atoms with Gasteiger partial charge in [0.05, 0.1) is 6.10 Å². The highest BCUT2D eigenvalue weighted by Gasteiger charge is 2.59. The fourth-order valence-electron chi connectivity index (χ4n) is 3.97. The lowest BCUT2D eigenvalue weighted by Gasteiger charge is -2.54. The first-order valence-corrected chi connectivity index (χ1v) is 9.66. The third-order valence-corrected chi connectivity index (χ3v) is 6.07. The first-order valence-electron chi connectivity index (χ1n) is 8.72. The van der Waals surface area contributed by atoms with E-state index in [1.165, 1.54) is 5.56 Å². The molecule has 6 heteroatoms. The first kappa shape index (κ1) is 20.0. The van der Waals surface area contributed by atoms with E-state index in [4.69, 9.17) is 9.73 Å². The van der Waals surface area contributed by atoms with Crippen molar-refractivity contribution in [2.45, 2.75) is 52.2 Å². The number of hydrogen-bond acceptors (Lipinski definition) is 3. The number of aliphatic imine (C=N–C) groups is 1. The number of hydrogen-bond donors (Lipinski definition) is 2. The van der Waals surface area contributed by atoms with Gasteiger partial charge in [-0.15, -0.1) is 24.0 Å². The molecule has 0 spiro atoms. The summed E-state index contributed by atoms with van der Waals surface area (Å²) in [6.45, 7) is 11.6. The minimum absolute atomic E-state index is 0. The van der Waals surface area contributed by atoms with E-state index in [1.807, 2.05) is 0 Å². The molecule has 0 aromatic carbocycles. The second kappa shape index (κ2) is 8.36. The van der Waals surface area contributed by atoms with Gasteiger partial charge in [0.15, 0.2) is 5.96 Å². The van der Waals surface area contributed by atoms with Crippen molar-refractivity contribution in [3.8, 4) is 0 Å². The summed E-state index contributed by atoms with van der Waals surface area (Å²) in [5.41, 5.74) is 1.55. The molecule has 0 amide bonds. The van der Waals surface area contributed by atoms with E-state index >= 15 is 0 Å². The lowest BCUT2D eigenvalue weighted by molar-refractivity contribution is -0.106. The Labute approximate surface area is 166 Å². The molecule has 4 unspecified atom stereocenters. The van der Waals surface area contributed by atoms with Crippen LogP contribution in [-0.2, 0) is 4.74 Å². The highest BCUT2D eigenvalue weighted by atomic mass is 127. The number of nitrogens with one attached hydrogen (secondary N) is 2. The second-order valence-electron chi connectivity index (χ2n) is 7.36. The smallest absolute Gasteiger partial charge is 0.191 e. The number of halogens is 1. The van der Waals surface area contributed by atoms with Crippen LogP contribution >= 0.6 is 35.3 Å². The normalized spacial score (nSPS) is 29.2. The summed E-state index contributed by atoms with van der Waals surface area (Å²) >= 11 is 1.75. The number of fused-ring (bicyclic) bond motifs is 1. The zero-order valence-corrected chi connectivity index (χ0v) is 18.2. The summed E-state index contributed by atoms with van der Waals surface area (Å²) in [6, 6.07) is 2.64. The van der Waals surface area contributed by atoms with Crippen LogP contribution in [-0.4, -0.2) is 37.8 Å². The van der Waals surface area contributed by atoms with E-state index < -0.39 is 0 Å². The summed E-state index contributed by atoms with van der Waals surface area (Å²) in [4.78, 5) is 4.83. The Bertz CT molecular complexity index is 546. The minimum Gasteiger partial charge on any atom is -0.377 e. The lowest BCUT2D eigenvalue weighted by Crippen LogP contribution is -2.68. The van der Waals surface area contributed by atoms with E-state index in [1.54, 1.807) is 11.3 Å². The van der Waals surface area contributed by atoms with E-state index in [9.17, 15) is 0 Å². The molecule has 0 bridgehead atoms. The first-order chi connectivity index (χ1) is 11.0. The maximum Gasteiger partial charge on any atom is 0.191 e. The van der Waals surface area contributed by atoms with Gasteiger partial charge in [-0.25, -0.2) is 0 Å². The summed E-state index contributed by atoms with van der Waals surface area (Å²) in [5.74, 6) is 2.02. The van der Waals surface area contributed by atoms with Crippen LogP contribution in [0.15, 0.2) is 21.8 Å². The zero-order valence-electron chi connectivity index (χ0n) is 15.0. The molecule has 2 N–H and O–H groups in total. The molecule has 4 nitrogen and oxygen atoms in total. The number of nitrogens with zero attached hydrogens (tertiary/aromatic N) is 1. The van der Waals surface area contributed by atoms with Gasteiger partial charge in [-0.3, -0.25) is 4.99 Å². The SMILES string of the molecule is CCNC(=NCC(C)c1ccsc1)NC1C2CCOC2C1(C)C.I. The monoisotopic (exact) mass is 463 g/mol. The average Bonchev–Trinajstić information content (AvgIpc) is 3.19. The molecule has 1 saturated carbocycles. The third-order valence-electron chi connectivity index (χ3n) is 5.37. The lowest BCUT2D eigenvalue weighted by atomic mass is 9.57. The third kappa shape index (κ3) is 3.90. The molecule has 1 aromatic rings. The van der Waals surface area contributed by atoms with Gasteiger partial charge in [-0.1, -0.05) is 20.8 Å². The van der Waals surface area contributed by atoms with Crippen molar-refractivity contribution in [1.82, 2.24) is 10.6 Å². The van der Waals surface area contributed by atoms with Crippen LogP contribution in [0.3, 0.4) is 0 Å². The fourth-order valence-corrected chi connectivity index (χ4v) is 4.76. The van der Waals surface area contributed by atoms with Crippen molar-refractivity contribution < 1.29 is 4.74 Å². The molecular weight excluding hydrogens is 433 g/mol. The molecule has 3 rings (SSSR count). The summed E-state index contributed by atoms with van der Waals surface area (Å²) < 4.78 is 5.89. The Morgan fingerprint density at radius 2 is 2.29 bits per heavy atom. The average molecular weight is 463 g/mol. The molecule has 24 heavy (non-hydrogen) atoms. The molecule has 1 saturated heterocycles. The number of thiophene rings is 1. The Kier molecular flexibility index (Phi) is 6.96. The molecule has 2 heterocycles. The van der Waals surface area contributed by atoms with Gasteiger partial charge in [0.25, 0.3) is 0 Å². The Morgan fingerprint density at radius 1 is 1.50 bits per heavy atom. The van der Waals surface area contributed by atoms with E-state index in [0.29, 0.717) is 24.0 Å². The minimum atomic E-state index is 0. The van der Waals surface area contributed by atoms with Crippen molar-refractivity contribution in [2.24, 2.45) is 16.3 Å². The molecule has 0 radical (unpaired) electrons. The van der Waals surface area contributed by atoms with Crippen LogP contribution < -0.4 is 10.6 Å². The molecule has 2 aliphatic rings. The summed E-state index contributed by atoms with van der Waals surface area (Å²) in [6.07, 6.45) is 1.57. The van der Waals surface area contributed by atoms with Crippen molar-refractivity contribution in [3.63, 3.8) is 0 Å². The Balaban J connectivity index is 0.00000208. The maximum absolute atomic E-state index is 5.89. The molecule has 1 aliphatic carbocycles. The molecule has 136 valence electrons. The van der Waals surface area contributed by atoms with Crippen molar-refractivity contribution in [3.05, 3.63) is 22.4 Å². The quantitative estimate of drug-likeness (QED) is 0.396. The van der Waals surface area contributed by atoms with Gasteiger partial charge in [-0.05, 0) is 35.7 Å². The maximum atomic E-state index is 5.89. The Morgan fingerprint density at radius 3 is 2.96 bits per heavy atom. The van der Waals surface area contributed by atoms with Gasteiger partial charge >= 0.3 is 0 Å². The van der Waals surface area contributed by atoms with Gasteiger partial charge in [0.2, 0.25) is 0 Å². The van der Waals surface area contributed by atoms with Crippen LogP contribution in [0.2, 0.25) is 0 Å². The Hall–Kier alpha value is -0.340. The molecule has 4 atom stereocenters. The highest BCUT2D eigenvalue weighted by Crippen LogP contribution is 2.52. The van der Waals surface area contributed by atoms with Crippen LogP contribution in [0.4, 0.5) is 0 Å². The van der Waals surface area contributed by atoms with Crippen LogP contribution in [0, 0.1) is 11.3 Å². The van der Waals surface area contributed by atoms with Gasteiger partial charge in [-0.2, -0.15) is 11.3 Å². The summed E-state index contributed by atoms with van der Waals surface area (Å²) in [5, 5.41) is 11.4. The van der Waals surface area contributed by atoms with Crippen LogP contribution in [0.1, 0.15) is 45.6 Å². The van der Waals surface area contributed by atoms with Gasteiger partial charge in [0, 0.05) is 43.0 Å². The fraction of sp³-hybridized carbons (Fsp3) is 0.722.